The summed E-state index contributed by atoms with van der Waals surface area (Å²) in [7, 11) is 0. The number of carbonyl (C=O) groups is 2. The summed E-state index contributed by atoms with van der Waals surface area (Å²) in [5, 5.41) is 0. The monoisotopic (exact) mass is 408 g/mol. The highest BCUT2D eigenvalue weighted by atomic mass is 16.5. The Labute approximate surface area is 176 Å². The van der Waals surface area contributed by atoms with Gasteiger partial charge in [-0.3, -0.25) is 4.79 Å². The quantitative estimate of drug-likeness (QED) is 0.576. The Balaban J connectivity index is 1.33. The van der Waals surface area contributed by atoms with Crippen molar-refractivity contribution in [2.24, 2.45) is 17.8 Å². The van der Waals surface area contributed by atoms with E-state index in [2.05, 4.69) is 0 Å². The molecule has 0 aliphatic heterocycles. The van der Waals surface area contributed by atoms with Crippen molar-refractivity contribution in [3.05, 3.63) is 54.0 Å². The van der Waals surface area contributed by atoms with Gasteiger partial charge in [-0.1, -0.05) is 0 Å². The van der Waals surface area contributed by atoms with Gasteiger partial charge in [0, 0.05) is 11.2 Å². The number of hydrogen-bond acceptors (Lipinski definition) is 5. The number of ether oxygens (including phenoxy) is 1. The molecule has 4 aliphatic carbocycles. The summed E-state index contributed by atoms with van der Waals surface area (Å²) < 4.78 is 11.0. The largest absolute Gasteiger partial charge is 0.467 e. The molecule has 6 nitrogen and oxygen atoms in total. The summed E-state index contributed by atoms with van der Waals surface area (Å²) in [5.74, 6) is 2.24. The number of carbonyl (C=O) groups excluding carboxylic acids is 2. The molecule has 0 radical (unpaired) electrons. The zero-order chi connectivity index (χ0) is 20.7. The van der Waals surface area contributed by atoms with Gasteiger partial charge in [0.15, 0.2) is 6.61 Å². The van der Waals surface area contributed by atoms with Crippen LogP contribution >= 0.6 is 0 Å². The van der Waals surface area contributed by atoms with Crippen molar-refractivity contribution < 1.29 is 18.7 Å². The van der Waals surface area contributed by atoms with Gasteiger partial charge in [-0.05, 0) is 92.7 Å². The van der Waals surface area contributed by atoms with E-state index in [1.54, 1.807) is 30.5 Å². The number of benzene rings is 1. The molecule has 4 bridgehead atoms. The molecule has 1 aromatic carbocycles. The van der Waals surface area contributed by atoms with E-state index in [4.69, 9.17) is 14.9 Å². The number of nitrogens with zero attached hydrogens (tertiary/aromatic N) is 1. The summed E-state index contributed by atoms with van der Waals surface area (Å²) in [6.45, 7) is 0.170. The van der Waals surface area contributed by atoms with Crippen molar-refractivity contribution in [2.75, 3.05) is 12.3 Å². The first-order chi connectivity index (χ1) is 14.5. The molecule has 2 N–H and O–H groups in total. The fourth-order valence-corrected chi connectivity index (χ4v) is 6.38. The highest BCUT2D eigenvalue weighted by Crippen LogP contribution is 2.58. The summed E-state index contributed by atoms with van der Waals surface area (Å²) in [6, 6.07) is 10.3. The first kappa shape index (κ1) is 19.2. The lowest BCUT2D eigenvalue weighted by Crippen LogP contribution is -2.61. The molecule has 4 aliphatic rings. The van der Waals surface area contributed by atoms with E-state index in [0.717, 1.165) is 25.0 Å². The maximum atomic E-state index is 13.4. The first-order valence-electron chi connectivity index (χ1n) is 10.9. The number of hydrogen-bond donors (Lipinski definition) is 1. The fourth-order valence-electron chi connectivity index (χ4n) is 6.38. The number of anilines is 1. The van der Waals surface area contributed by atoms with Crippen LogP contribution in [-0.4, -0.2) is 28.9 Å². The molecule has 6 heteroatoms. The van der Waals surface area contributed by atoms with Crippen molar-refractivity contribution in [3.63, 3.8) is 0 Å². The van der Waals surface area contributed by atoms with E-state index in [-0.39, 0.29) is 18.1 Å². The molecule has 2 aromatic rings. The molecule has 0 unspecified atom stereocenters. The molecular weight excluding hydrogens is 380 g/mol. The molecule has 1 aromatic heterocycles. The number of rotatable bonds is 6. The minimum absolute atomic E-state index is 0.133. The number of amides is 1. The molecule has 0 atom stereocenters. The highest BCUT2D eigenvalue weighted by molar-refractivity contribution is 5.91. The Morgan fingerprint density at radius 2 is 1.67 bits per heavy atom. The van der Waals surface area contributed by atoms with Crippen molar-refractivity contribution in [1.29, 1.82) is 0 Å². The van der Waals surface area contributed by atoms with E-state index in [1.807, 2.05) is 17.0 Å². The second-order valence-electron chi connectivity index (χ2n) is 9.40. The molecule has 4 saturated carbocycles. The van der Waals surface area contributed by atoms with E-state index in [0.29, 0.717) is 35.5 Å². The third-order valence-electron chi connectivity index (χ3n) is 7.25. The smallest absolute Gasteiger partial charge is 0.338 e. The van der Waals surface area contributed by atoms with Crippen molar-refractivity contribution in [1.82, 2.24) is 4.90 Å². The van der Waals surface area contributed by atoms with Crippen LogP contribution in [0, 0.1) is 17.8 Å². The molecule has 0 saturated heterocycles. The lowest BCUT2D eigenvalue weighted by atomic mass is 9.52. The Hall–Kier alpha value is -2.76. The lowest BCUT2D eigenvalue weighted by molar-refractivity contribution is -0.156. The Bertz CT molecular complexity index is 884. The summed E-state index contributed by atoms with van der Waals surface area (Å²) in [5.41, 5.74) is 6.51. The van der Waals surface area contributed by atoms with Crippen molar-refractivity contribution in [2.45, 2.75) is 50.6 Å². The van der Waals surface area contributed by atoms with Gasteiger partial charge >= 0.3 is 5.97 Å². The van der Waals surface area contributed by atoms with Gasteiger partial charge in [0.25, 0.3) is 5.91 Å². The molecule has 6 rings (SSSR count). The lowest BCUT2D eigenvalue weighted by Gasteiger charge is -2.60. The SMILES string of the molecule is Nc1ccc(C(=O)OCC(=O)N(Cc2ccco2)C23CC4CC(CC(C4)C2)C3)cc1. The van der Waals surface area contributed by atoms with Gasteiger partial charge in [-0.2, -0.15) is 0 Å². The maximum Gasteiger partial charge on any atom is 0.338 e. The van der Waals surface area contributed by atoms with Crippen LogP contribution in [0.4, 0.5) is 5.69 Å². The second-order valence-corrected chi connectivity index (χ2v) is 9.40. The van der Waals surface area contributed by atoms with Gasteiger partial charge in [0.2, 0.25) is 0 Å². The number of esters is 1. The zero-order valence-electron chi connectivity index (χ0n) is 17.1. The summed E-state index contributed by atoms with van der Waals surface area (Å²) in [4.78, 5) is 27.7. The second kappa shape index (κ2) is 7.49. The van der Waals surface area contributed by atoms with Crippen molar-refractivity contribution >= 4 is 17.6 Å². The van der Waals surface area contributed by atoms with Crippen LogP contribution in [0.25, 0.3) is 0 Å². The van der Waals surface area contributed by atoms with Gasteiger partial charge in [0.05, 0.1) is 18.4 Å². The van der Waals surface area contributed by atoms with Crippen LogP contribution < -0.4 is 5.73 Å². The standard InChI is InChI=1S/C24H28N2O4/c25-20-5-3-19(4-6-20)23(28)30-15-22(27)26(14-21-2-1-7-29-21)24-11-16-8-17(12-24)10-18(9-16)13-24/h1-7,16-18H,8-15,25H2. The normalized spacial score (nSPS) is 29.0. The Morgan fingerprint density at radius 3 is 2.23 bits per heavy atom. The third-order valence-corrected chi connectivity index (χ3v) is 7.25. The van der Waals surface area contributed by atoms with Crippen LogP contribution in [0.1, 0.15) is 54.6 Å². The Kier molecular flexibility index (Phi) is 4.80. The zero-order valence-corrected chi connectivity index (χ0v) is 17.1. The van der Waals surface area contributed by atoms with Gasteiger partial charge in [0.1, 0.15) is 5.76 Å². The molecule has 1 heterocycles. The van der Waals surface area contributed by atoms with Gasteiger partial charge in [-0.15, -0.1) is 0 Å². The fraction of sp³-hybridized carbons (Fsp3) is 0.500. The predicted octanol–water partition coefficient (Wildman–Crippen LogP) is 4.02. The number of nitrogens with two attached hydrogens (primary N) is 1. The molecule has 4 fully saturated rings. The van der Waals surface area contributed by atoms with Crippen LogP contribution in [0.2, 0.25) is 0 Å². The predicted molar refractivity (Wildman–Crippen MR) is 111 cm³/mol. The minimum Gasteiger partial charge on any atom is -0.467 e. The van der Waals surface area contributed by atoms with Crippen LogP contribution in [0.5, 0.6) is 0 Å². The van der Waals surface area contributed by atoms with Crippen LogP contribution in [0.15, 0.2) is 47.1 Å². The third kappa shape index (κ3) is 3.59. The van der Waals surface area contributed by atoms with Crippen molar-refractivity contribution in [3.8, 4) is 0 Å². The molecule has 158 valence electrons. The minimum atomic E-state index is -0.508. The first-order valence-corrected chi connectivity index (χ1v) is 10.9. The van der Waals surface area contributed by atoms with Gasteiger partial charge < -0.3 is 19.8 Å². The molecule has 30 heavy (non-hydrogen) atoms. The summed E-state index contributed by atoms with van der Waals surface area (Å²) in [6.07, 6.45) is 8.70. The molecular formula is C24H28N2O4. The average Bonchev–Trinajstić information content (AvgIpc) is 3.23. The topological polar surface area (TPSA) is 85.8 Å². The van der Waals surface area contributed by atoms with Gasteiger partial charge in [-0.25, -0.2) is 4.79 Å². The average molecular weight is 408 g/mol. The number of furan rings is 1. The Morgan fingerprint density at radius 1 is 1.03 bits per heavy atom. The van der Waals surface area contributed by atoms with Crippen LogP contribution in [-0.2, 0) is 16.1 Å². The van der Waals surface area contributed by atoms with E-state index in [9.17, 15) is 9.59 Å². The highest BCUT2D eigenvalue weighted by Gasteiger charge is 2.54. The van der Waals surface area contributed by atoms with E-state index >= 15 is 0 Å². The number of nitrogen functional groups attached to an aromatic ring is 1. The summed E-state index contributed by atoms with van der Waals surface area (Å²) >= 11 is 0. The van der Waals surface area contributed by atoms with Crippen LogP contribution in [0.3, 0.4) is 0 Å². The molecule has 0 spiro atoms. The molecule has 1 amide bonds. The maximum absolute atomic E-state index is 13.4. The van der Waals surface area contributed by atoms with E-state index in [1.165, 1.54) is 19.3 Å². The van der Waals surface area contributed by atoms with E-state index < -0.39 is 5.97 Å².